The summed E-state index contributed by atoms with van der Waals surface area (Å²) in [4.78, 5) is 22.5. The zero-order chi connectivity index (χ0) is 15.2. The van der Waals surface area contributed by atoms with E-state index < -0.39 is 0 Å². The largest absolute Gasteiger partial charge is 0.336 e. The number of nitrogens with one attached hydrogen (secondary N) is 1. The SMILES string of the molecule is CCN(CCCCOS)C(=O)c1ncc2n[nH]c(Br)c2n1. The van der Waals surface area contributed by atoms with Crippen molar-refractivity contribution in [1.29, 1.82) is 0 Å². The second kappa shape index (κ2) is 7.71. The predicted octanol–water partition coefficient (Wildman–Crippen LogP) is 2.22. The normalized spacial score (nSPS) is 11.0. The Hall–Kier alpha value is -1.19. The van der Waals surface area contributed by atoms with Gasteiger partial charge in [0.15, 0.2) is 0 Å². The highest BCUT2D eigenvalue weighted by Crippen LogP contribution is 2.18. The summed E-state index contributed by atoms with van der Waals surface area (Å²) in [5, 5.41) is 6.76. The molecule has 0 aromatic carbocycles. The van der Waals surface area contributed by atoms with E-state index in [1.54, 1.807) is 11.1 Å². The monoisotopic (exact) mass is 373 g/mol. The van der Waals surface area contributed by atoms with Gasteiger partial charge in [-0.3, -0.25) is 9.89 Å². The number of rotatable bonds is 7. The molecular weight excluding hydrogens is 358 g/mol. The Bertz CT molecular complexity index is 621. The minimum Gasteiger partial charge on any atom is -0.336 e. The van der Waals surface area contributed by atoms with Crippen molar-refractivity contribution in [2.24, 2.45) is 0 Å². The van der Waals surface area contributed by atoms with Crippen LogP contribution in [0.15, 0.2) is 10.8 Å². The van der Waals surface area contributed by atoms with Crippen LogP contribution in [0.25, 0.3) is 11.0 Å². The van der Waals surface area contributed by atoms with Gasteiger partial charge < -0.3 is 9.08 Å². The minimum absolute atomic E-state index is 0.178. The summed E-state index contributed by atoms with van der Waals surface area (Å²) < 4.78 is 5.35. The molecule has 1 amide bonds. The van der Waals surface area contributed by atoms with Crippen molar-refractivity contribution in [3.8, 4) is 0 Å². The summed E-state index contributed by atoms with van der Waals surface area (Å²) in [7, 11) is 0. The Morgan fingerprint density at radius 1 is 1.52 bits per heavy atom. The first kappa shape index (κ1) is 16.2. The highest BCUT2D eigenvalue weighted by Gasteiger charge is 2.18. The van der Waals surface area contributed by atoms with E-state index in [0.717, 1.165) is 12.8 Å². The number of H-pyrrole nitrogens is 1. The molecule has 0 aliphatic carbocycles. The molecule has 0 unspecified atom stereocenters. The Morgan fingerprint density at radius 3 is 3.05 bits per heavy atom. The maximum absolute atomic E-state index is 12.4. The molecule has 0 saturated heterocycles. The van der Waals surface area contributed by atoms with Gasteiger partial charge >= 0.3 is 0 Å². The van der Waals surface area contributed by atoms with Crippen molar-refractivity contribution in [3.05, 3.63) is 16.6 Å². The van der Waals surface area contributed by atoms with E-state index in [9.17, 15) is 4.79 Å². The number of unbranched alkanes of at least 4 members (excludes halogenated alkanes) is 1. The number of carbonyl (C=O) groups is 1. The van der Waals surface area contributed by atoms with Gasteiger partial charge in [-0.2, -0.15) is 5.10 Å². The number of fused-ring (bicyclic) bond motifs is 1. The molecule has 2 aromatic heterocycles. The number of thiol groups is 1. The Kier molecular flexibility index (Phi) is 5.95. The Balaban J connectivity index is 2.09. The van der Waals surface area contributed by atoms with Gasteiger partial charge in [0.1, 0.15) is 15.6 Å². The summed E-state index contributed by atoms with van der Waals surface area (Å²) in [6.45, 7) is 3.74. The molecule has 2 rings (SSSR count). The maximum Gasteiger partial charge on any atom is 0.291 e. The van der Waals surface area contributed by atoms with E-state index in [1.807, 2.05) is 6.92 Å². The molecule has 2 heterocycles. The molecule has 114 valence electrons. The Morgan fingerprint density at radius 2 is 2.33 bits per heavy atom. The molecule has 0 fully saturated rings. The average Bonchev–Trinajstić information content (AvgIpc) is 2.88. The molecule has 0 bridgehead atoms. The summed E-state index contributed by atoms with van der Waals surface area (Å²) in [6, 6.07) is 0. The van der Waals surface area contributed by atoms with Crippen molar-refractivity contribution in [2.75, 3.05) is 19.7 Å². The molecule has 0 radical (unpaired) electrons. The fraction of sp³-hybridized carbons (Fsp3) is 0.500. The third-order valence-electron chi connectivity index (χ3n) is 3.03. The van der Waals surface area contributed by atoms with Crippen LogP contribution in [-0.2, 0) is 4.18 Å². The number of aromatic amines is 1. The van der Waals surface area contributed by atoms with Gasteiger partial charge in [0.25, 0.3) is 5.91 Å². The highest BCUT2D eigenvalue weighted by molar-refractivity contribution is 9.10. The first-order chi connectivity index (χ1) is 10.2. The summed E-state index contributed by atoms with van der Waals surface area (Å²) >= 11 is 7.00. The van der Waals surface area contributed by atoms with Crippen LogP contribution in [0.4, 0.5) is 0 Å². The van der Waals surface area contributed by atoms with Gasteiger partial charge in [-0.25, -0.2) is 9.97 Å². The quantitative estimate of drug-likeness (QED) is 0.441. The van der Waals surface area contributed by atoms with Crippen LogP contribution >= 0.6 is 28.8 Å². The Labute approximate surface area is 136 Å². The van der Waals surface area contributed by atoms with E-state index in [4.69, 9.17) is 4.18 Å². The predicted molar refractivity (Wildman–Crippen MR) is 85.1 cm³/mol. The van der Waals surface area contributed by atoms with Crippen LogP contribution in [0, 0.1) is 0 Å². The number of aromatic nitrogens is 4. The highest BCUT2D eigenvalue weighted by atomic mass is 79.9. The van der Waals surface area contributed by atoms with E-state index in [-0.39, 0.29) is 11.7 Å². The fourth-order valence-corrected chi connectivity index (χ4v) is 2.41. The van der Waals surface area contributed by atoms with E-state index in [0.29, 0.717) is 35.3 Å². The molecule has 0 aliphatic rings. The second-order valence-electron chi connectivity index (χ2n) is 4.39. The zero-order valence-corrected chi connectivity index (χ0v) is 14.0. The number of amides is 1. The molecule has 7 nitrogen and oxygen atoms in total. The first-order valence-corrected chi connectivity index (χ1v) is 7.75. The third-order valence-corrected chi connectivity index (χ3v) is 3.76. The van der Waals surface area contributed by atoms with E-state index in [2.05, 4.69) is 49.0 Å². The standard InChI is InChI=1S/C12H16BrN5O2S/c1-2-18(5-3-4-6-20-21)12(19)11-14-7-8-9(15-11)10(13)17-16-8/h7,21H,2-6H2,1H3,(H,16,17). The van der Waals surface area contributed by atoms with Crippen molar-refractivity contribution in [1.82, 2.24) is 25.1 Å². The van der Waals surface area contributed by atoms with E-state index >= 15 is 0 Å². The fourth-order valence-electron chi connectivity index (χ4n) is 1.90. The van der Waals surface area contributed by atoms with Crippen molar-refractivity contribution < 1.29 is 8.98 Å². The molecular formula is C12H16BrN5O2S. The smallest absolute Gasteiger partial charge is 0.291 e. The van der Waals surface area contributed by atoms with Crippen molar-refractivity contribution >= 4 is 45.8 Å². The molecule has 21 heavy (non-hydrogen) atoms. The zero-order valence-electron chi connectivity index (χ0n) is 11.5. The summed E-state index contributed by atoms with van der Waals surface area (Å²) in [5.41, 5.74) is 1.22. The van der Waals surface area contributed by atoms with Crippen LogP contribution in [0.1, 0.15) is 30.4 Å². The van der Waals surface area contributed by atoms with Gasteiger partial charge in [-0.1, -0.05) is 0 Å². The molecule has 1 N–H and O–H groups in total. The lowest BCUT2D eigenvalue weighted by molar-refractivity contribution is 0.0748. The van der Waals surface area contributed by atoms with Gasteiger partial charge in [-0.15, -0.1) is 0 Å². The van der Waals surface area contributed by atoms with Gasteiger partial charge in [-0.05, 0) is 48.6 Å². The van der Waals surface area contributed by atoms with Crippen molar-refractivity contribution in [2.45, 2.75) is 19.8 Å². The summed E-state index contributed by atoms with van der Waals surface area (Å²) in [5.74, 6) is -0.00353. The molecule has 0 saturated carbocycles. The van der Waals surface area contributed by atoms with Gasteiger partial charge in [0.2, 0.25) is 5.82 Å². The molecule has 0 spiro atoms. The maximum atomic E-state index is 12.4. The number of carbonyl (C=O) groups excluding carboxylic acids is 1. The van der Waals surface area contributed by atoms with Gasteiger partial charge in [0, 0.05) is 13.1 Å². The molecule has 0 atom stereocenters. The minimum atomic E-state index is -0.181. The topological polar surface area (TPSA) is 84.0 Å². The van der Waals surface area contributed by atoms with Crippen LogP contribution in [0.5, 0.6) is 0 Å². The number of halogens is 1. The lowest BCUT2D eigenvalue weighted by Gasteiger charge is -2.19. The molecule has 0 aliphatic heterocycles. The lowest BCUT2D eigenvalue weighted by Crippen LogP contribution is -2.33. The first-order valence-electron chi connectivity index (χ1n) is 6.59. The van der Waals surface area contributed by atoms with E-state index in [1.165, 1.54) is 0 Å². The second-order valence-corrected chi connectivity index (χ2v) is 5.44. The molecule has 2 aromatic rings. The van der Waals surface area contributed by atoms with Crippen molar-refractivity contribution in [3.63, 3.8) is 0 Å². The number of hydrogen-bond acceptors (Lipinski definition) is 6. The van der Waals surface area contributed by atoms with Gasteiger partial charge in [0.05, 0.1) is 12.8 Å². The molecule has 9 heteroatoms. The van der Waals surface area contributed by atoms with Crippen LogP contribution in [0.2, 0.25) is 0 Å². The third kappa shape index (κ3) is 3.92. The van der Waals surface area contributed by atoms with Crippen LogP contribution in [-0.4, -0.2) is 50.7 Å². The lowest BCUT2D eigenvalue weighted by atomic mass is 10.3. The number of nitrogens with zero attached hydrogens (tertiary/aromatic N) is 4. The van der Waals surface area contributed by atoms with Crippen LogP contribution < -0.4 is 0 Å². The summed E-state index contributed by atoms with van der Waals surface area (Å²) in [6.07, 6.45) is 3.23. The average molecular weight is 374 g/mol. The number of hydrogen-bond donors (Lipinski definition) is 2. The van der Waals surface area contributed by atoms with Crippen LogP contribution in [0.3, 0.4) is 0 Å².